The van der Waals surface area contributed by atoms with Crippen molar-refractivity contribution in [2.75, 3.05) is 7.05 Å². The van der Waals surface area contributed by atoms with Gasteiger partial charge in [-0.2, -0.15) is 0 Å². The summed E-state index contributed by atoms with van der Waals surface area (Å²) in [7, 11) is 1.66. The van der Waals surface area contributed by atoms with Gasteiger partial charge in [0.15, 0.2) is 5.11 Å². The molecule has 0 aromatic rings. The molecule has 0 saturated carbocycles. The molecule has 0 rings (SSSR count). The van der Waals surface area contributed by atoms with Crippen LogP contribution < -0.4 is 16.2 Å². The van der Waals surface area contributed by atoms with Gasteiger partial charge in [-0.25, -0.2) is 0 Å². The molecule has 0 aliphatic carbocycles. The Morgan fingerprint density at radius 3 is 2.36 bits per heavy atom. The maximum Gasteiger partial charge on any atom is 0.264 e. The van der Waals surface area contributed by atoms with E-state index in [0.717, 1.165) is 0 Å². The molecule has 11 heavy (non-hydrogen) atoms. The van der Waals surface area contributed by atoms with Gasteiger partial charge in [0.25, 0.3) is 5.91 Å². The van der Waals surface area contributed by atoms with Crippen LogP contribution in [0.2, 0.25) is 0 Å². The van der Waals surface area contributed by atoms with Crippen molar-refractivity contribution in [2.45, 2.75) is 6.92 Å². The summed E-state index contributed by atoms with van der Waals surface area (Å²) < 4.78 is 0. The van der Waals surface area contributed by atoms with E-state index in [-0.39, 0.29) is 5.91 Å². The summed E-state index contributed by atoms with van der Waals surface area (Å²) in [4.78, 5) is 10.8. The summed E-state index contributed by atoms with van der Waals surface area (Å²) in [5.74, 6) is -0.275. The number of thiocarbonyl (C=S) groups is 1. The lowest BCUT2D eigenvalue weighted by molar-refractivity contribution is -0.117. The van der Waals surface area contributed by atoms with Crippen LogP contribution in [-0.4, -0.2) is 18.1 Å². The largest absolute Gasteiger partial charge is 0.364 e. The predicted molar refractivity (Wildman–Crippen MR) is 47.8 cm³/mol. The number of hydrogen-bond acceptors (Lipinski definition) is 2. The second kappa shape index (κ2) is 4.68. The van der Waals surface area contributed by atoms with Crippen molar-refractivity contribution >= 4 is 23.2 Å². The average Bonchev–Trinajstić information content (AvgIpc) is 1.99. The minimum Gasteiger partial charge on any atom is -0.364 e. The Kier molecular flexibility index (Phi) is 4.21. The molecule has 4 nitrogen and oxygen atoms in total. The standard InChI is InChI=1S/C6H11N3OS/c1-4(2)5(10)8-9-6(11)7-3/h1H2,2-3H3,(H,8,10)(H2,7,9,11). The Balaban J connectivity index is 3.63. The van der Waals surface area contributed by atoms with Gasteiger partial charge in [0.2, 0.25) is 0 Å². The molecule has 0 aliphatic rings. The van der Waals surface area contributed by atoms with Crippen molar-refractivity contribution < 1.29 is 4.79 Å². The van der Waals surface area contributed by atoms with E-state index in [9.17, 15) is 4.79 Å². The lowest BCUT2D eigenvalue weighted by Gasteiger charge is -2.07. The van der Waals surface area contributed by atoms with Crippen LogP contribution in [0.15, 0.2) is 12.2 Å². The molecule has 0 atom stereocenters. The number of carbonyl (C=O) groups excluding carboxylic acids is 1. The highest BCUT2D eigenvalue weighted by Crippen LogP contribution is 1.82. The topological polar surface area (TPSA) is 53.2 Å². The van der Waals surface area contributed by atoms with Crippen LogP contribution in [0, 0.1) is 0 Å². The van der Waals surface area contributed by atoms with Crippen molar-refractivity contribution in [1.29, 1.82) is 0 Å². The minimum atomic E-state index is -0.275. The van der Waals surface area contributed by atoms with Gasteiger partial charge in [0, 0.05) is 12.6 Å². The first kappa shape index (κ1) is 9.90. The van der Waals surface area contributed by atoms with Crippen LogP contribution in [0.5, 0.6) is 0 Å². The fourth-order valence-electron chi connectivity index (χ4n) is 0.283. The molecule has 1 amide bonds. The second-order valence-corrected chi connectivity index (χ2v) is 2.35. The molecule has 0 fully saturated rings. The molecule has 0 heterocycles. The van der Waals surface area contributed by atoms with Gasteiger partial charge < -0.3 is 5.32 Å². The normalized spacial score (nSPS) is 8.18. The number of hydrazine groups is 1. The Hall–Kier alpha value is -1.10. The fourth-order valence-corrected chi connectivity index (χ4v) is 0.334. The van der Waals surface area contributed by atoms with Gasteiger partial charge >= 0.3 is 0 Å². The van der Waals surface area contributed by atoms with Crippen LogP contribution in [0.3, 0.4) is 0 Å². The molecule has 5 heteroatoms. The zero-order valence-corrected chi connectivity index (χ0v) is 7.34. The molecule has 0 radical (unpaired) electrons. The first-order valence-electron chi connectivity index (χ1n) is 3.01. The molecule has 0 bridgehead atoms. The molecule has 3 N–H and O–H groups in total. The molecule has 0 saturated heterocycles. The van der Waals surface area contributed by atoms with Crippen molar-refractivity contribution in [3.8, 4) is 0 Å². The lowest BCUT2D eigenvalue weighted by atomic mass is 10.3. The van der Waals surface area contributed by atoms with E-state index in [2.05, 4.69) is 22.7 Å². The lowest BCUT2D eigenvalue weighted by Crippen LogP contribution is -2.45. The van der Waals surface area contributed by atoms with Crippen LogP contribution in [0.4, 0.5) is 0 Å². The first-order chi connectivity index (χ1) is 5.07. The highest BCUT2D eigenvalue weighted by molar-refractivity contribution is 7.80. The highest BCUT2D eigenvalue weighted by atomic mass is 32.1. The molecule has 0 aliphatic heterocycles. The van der Waals surface area contributed by atoms with E-state index < -0.39 is 0 Å². The average molecular weight is 173 g/mol. The van der Waals surface area contributed by atoms with Crippen LogP contribution in [0.25, 0.3) is 0 Å². The van der Waals surface area contributed by atoms with Crippen molar-refractivity contribution in [3.63, 3.8) is 0 Å². The SMILES string of the molecule is C=C(C)C(=O)NNC(=S)NC. The number of carbonyl (C=O) groups is 1. The summed E-state index contributed by atoms with van der Waals surface area (Å²) in [5.41, 5.74) is 5.24. The van der Waals surface area contributed by atoms with E-state index >= 15 is 0 Å². The number of amides is 1. The molecule has 0 aromatic heterocycles. The third-order valence-corrected chi connectivity index (χ3v) is 1.21. The summed E-state index contributed by atoms with van der Waals surface area (Å²) in [6.45, 7) is 5.05. The first-order valence-corrected chi connectivity index (χ1v) is 3.42. The minimum absolute atomic E-state index is 0.275. The summed E-state index contributed by atoms with van der Waals surface area (Å²) in [6, 6.07) is 0. The van der Waals surface area contributed by atoms with E-state index in [0.29, 0.717) is 10.7 Å². The monoisotopic (exact) mass is 173 g/mol. The smallest absolute Gasteiger partial charge is 0.264 e. The molecule has 62 valence electrons. The molecule has 0 spiro atoms. The van der Waals surface area contributed by atoms with E-state index in [1.54, 1.807) is 14.0 Å². The summed E-state index contributed by atoms with van der Waals surface area (Å²) >= 11 is 4.69. The maximum absolute atomic E-state index is 10.8. The van der Waals surface area contributed by atoms with Crippen molar-refractivity contribution in [1.82, 2.24) is 16.2 Å². The Labute approximate surface area is 71.0 Å². The van der Waals surface area contributed by atoms with Gasteiger partial charge in [-0.05, 0) is 19.1 Å². The van der Waals surface area contributed by atoms with Gasteiger partial charge in [-0.3, -0.25) is 15.6 Å². The molecular weight excluding hydrogens is 162 g/mol. The second-order valence-electron chi connectivity index (χ2n) is 1.94. The Bertz CT molecular complexity index is 190. The molecule has 0 aromatic carbocycles. The van der Waals surface area contributed by atoms with E-state index in [1.165, 1.54) is 0 Å². The zero-order chi connectivity index (χ0) is 8.85. The van der Waals surface area contributed by atoms with Crippen LogP contribution in [-0.2, 0) is 4.79 Å². The Morgan fingerprint density at radius 2 is 2.00 bits per heavy atom. The third kappa shape index (κ3) is 4.32. The van der Waals surface area contributed by atoms with Crippen LogP contribution in [0.1, 0.15) is 6.92 Å². The molecule has 0 unspecified atom stereocenters. The summed E-state index contributed by atoms with van der Waals surface area (Å²) in [5, 5.41) is 3.00. The van der Waals surface area contributed by atoms with Gasteiger partial charge in [0.05, 0.1) is 0 Å². The highest BCUT2D eigenvalue weighted by Gasteiger charge is 1.99. The Morgan fingerprint density at radius 1 is 1.45 bits per heavy atom. The van der Waals surface area contributed by atoms with Gasteiger partial charge in [0.1, 0.15) is 0 Å². The van der Waals surface area contributed by atoms with Crippen molar-refractivity contribution in [2.24, 2.45) is 0 Å². The maximum atomic E-state index is 10.8. The quantitative estimate of drug-likeness (QED) is 0.289. The van der Waals surface area contributed by atoms with Gasteiger partial charge in [-0.15, -0.1) is 0 Å². The molecular formula is C6H11N3OS. The zero-order valence-electron chi connectivity index (χ0n) is 6.52. The van der Waals surface area contributed by atoms with E-state index in [1.807, 2.05) is 0 Å². The predicted octanol–water partition coefficient (Wildman–Crippen LogP) is -0.312. The number of rotatable bonds is 1. The number of nitrogens with one attached hydrogen (secondary N) is 3. The van der Waals surface area contributed by atoms with Gasteiger partial charge in [-0.1, -0.05) is 6.58 Å². The van der Waals surface area contributed by atoms with Crippen LogP contribution >= 0.6 is 12.2 Å². The fraction of sp³-hybridized carbons (Fsp3) is 0.333. The number of hydrogen-bond donors (Lipinski definition) is 3. The van der Waals surface area contributed by atoms with E-state index in [4.69, 9.17) is 12.2 Å². The van der Waals surface area contributed by atoms with Crippen molar-refractivity contribution in [3.05, 3.63) is 12.2 Å². The third-order valence-electron chi connectivity index (χ3n) is 0.904. The summed E-state index contributed by atoms with van der Waals surface area (Å²) in [6.07, 6.45) is 0.